The fraction of sp³-hybridized carbons (Fsp3) is 0.567. The Hall–Kier alpha value is -3.69. The average molecular weight is 558 g/mol. The lowest BCUT2D eigenvalue weighted by Gasteiger charge is -2.27. The maximum Gasteiger partial charge on any atom is 0.355 e. The van der Waals surface area contributed by atoms with Crippen molar-refractivity contribution < 1.29 is 33.4 Å². The van der Waals surface area contributed by atoms with Crippen LogP contribution in [0.3, 0.4) is 0 Å². The Bertz CT molecular complexity index is 1080. The molecule has 1 aliphatic rings. The van der Waals surface area contributed by atoms with E-state index in [1.807, 2.05) is 33.8 Å². The van der Waals surface area contributed by atoms with E-state index in [-0.39, 0.29) is 36.3 Å². The van der Waals surface area contributed by atoms with Crippen molar-refractivity contribution in [2.75, 3.05) is 0 Å². The fourth-order valence-electron chi connectivity index (χ4n) is 4.25. The summed E-state index contributed by atoms with van der Waals surface area (Å²) in [7, 11) is 0. The summed E-state index contributed by atoms with van der Waals surface area (Å²) in [6, 6.07) is 6.95. The molecular weight excluding hydrogens is 514 g/mol. The van der Waals surface area contributed by atoms with Crippen molar-refractivity contribution >= 4 is 29.7 Å². The molecule has 0 bridgehead atoms. The summed E-state index contributed by atoms with van der Waals surface area (Å²) >= 11 is 0. The van der Waals surface area contributed by atoms with Gasteiger partial charge >= 0.3 is 11.9 Å². The second-order valence-corrected chi connectivity index (χ2v) is 11.3. The van der Waals surface area contributed by atoms with E-state index in [0.717, 1.165) is 0 Å². The van der Waals surface area contributed by atoms with E-state index < -0.39 is 54.0 Å². The van der Waals surface area contributed by atoms with Crippen LogP contribution in [0.25, 0.3) is 0 Å². The van der Waals surface area contributed by atoms with Gasteiger partial charge in [-0.2, -0.15) is 0 Å². The van der Waals surface area contributed by atoms with Gasteiger partial charge in [0.2, 0.25) is 17.9 Å². The lowest BCUT2D eigenvalue weighted by molar-refractivity contribution is -0.172. The molecule has 2 rings (SSSR count). The Morgan fingerprint density at radius 3 is 1.95 bits per heavy atom. The van der Waals surface area contributed by atoms with Crippen LogP contribution in [0.4, 0.5) is 0 Å². The number of nitrogens with one attached hydrogen (secondary N) is 3. The van der Waals surface area contributed by atoms with Gasteiger partial charge in [-0.05, 0) is 43.1 Å². The number of amides is 3. The third-order valence-electron chi connectivity index (χ3n) is 6.37. The van der Waals surface area contributed by atoms with Crippen LogP contribution < -0.4 is 16.0 Å². The molecule has 10 nitrogen and oxygen atoms in total. The molecule has 0 radical (unpaired) electrons. The largest absolute Gasteiger partial charge is 0.450 e. The molecule has 1 aromatic rings. The van der Waals surface area contributed by atoms with Gasteiger partial charge in [0.25, 0.3) is 5.91 Å². The molecule has 40 heavy (non-hydrogen) atoms. The predicted octanol–water partition coefficient (Wildman–Crippen LogP) is 2.80. The van der Waals surface area contributed by atoms with Crippen molar-refractivity contribution in [2.45, 2.75) is 92.0 Å². The number of hydrogen-bond donors (Lipinski definition) is 3. The van der Waals surface area contributed by atoms with E-state index in [1.165, 1.54) is 6.08 Å². The maximum absolute atomic E-state index is 13.4. The van der Waals surface area contributed by atoms with Gasteiger partial charge in [0.05, 0.1) is 0 Å². The Labute approximate surface area is 236 Å². The Morgan fingerprint density at radius 2 is 1.40 bits per heavy atom. The van der Waals surface area contributed by atoms with E-state index in [2.05, 4.69) is 16.0 Å². The number of benzene rings is 1. The molecule has 220 valence electrons. The molecule has 0 spiro atoms. The molecule has 1 aliphatic heterocycles. The summed E-state index contributed by atoms with van der Waals surface area (Å²) in [5.41, 5.74) is 0.523. The number of esters is 2. The highest BCUT2D eigenvalue weighted by molar-refractivity contribution is 5.99. The predicted molar refractivity (Wildman–Crippen MR) is 149 cm³/mol. The zero-order valence-corrected chi connectivity index (χ0v) is 24.5. The van der Waals surface area contributed by atoms with Crippen LogP contribution in [-0.4, -0.2) is 54.0 Å². The summed E-state index contributed by atoms with van der Waals surface area (Å²) in [5, 5.41) is 7.99. The van der Waals surface area contributed by atoms with Crippen LogP contribution in [0.5, 0.6) is 0 Å². The Kier molecular flexibility index (Phi) is 12.4. The quantitative estimate of drug-likeness (QED) is 0.346. The van der Waals surface area contributed by atoms with Crippen LogP contribution >= 0.6 is 0 Å². The zero-order chi connectivity index (χ0) is 30.0. The van der Waals surface area contributed by atoms with Crippen molar-refractivity contribution in [3.05, 3.63) is 47.7 Å². The number of cyclic esters (lactones) is 2. The number of carbonyl (C=O) groups excluding carboxylic acids is 5. The second-order valence-electron chi connectivity index (χ2n) is 11.3. The highest BCUT2D eigenvalue weighted by Gasteiger charge is 2.36. The Balaban J connectivity index is 2.56. The molecule has 0 saturated carbocycles. The van der Waals surface area contributed by atoms with Crippen molar-refractivity contribution in [3.63, 3.8) is 0 Å². The number of carbonyl (C=O) groups is 5. The summed E-state index contributed by atoms with van der Waals surface area (Å²) < 4.78 is 11.2. The van der Waals surface area contributed by atoms with Crippen molar-refractivity contribution in [1.29, 1.82) is 0 Å². The summed E-state index contributed by atoms with van der Waals surface area (Å²) in [5.74, 6) is -3.99. The van der Waals surface area contributed by atoms with E-state index >= 15 is 0 Å². The van der Waals surface area contributed by atoms with Gasteiger partial charge in [0.15, 0.2) is 6.10 Å². The minimum atomic E-state index is -1.39. The summed E-state index contributed by atoms with van der Waals surface area (Å²) in [6.07, 6.45) is -0.771. The fourth-order valence-corrected chi connectivity index (χ4v) is 4.25. The topological polar surface area (TPSA) is 140 Å². The number of ether oxygens (including phenoxy) is 2. The van der Waals surface area contributed by atoms with Gasteiger partial charge in [-0.25, -0.2) is 9.59 Å². The highest BCUT2D eigenvalue weighted by Crippen LogP contribution is 2.17. The average Bonchev–Trinajstić information content (AvgIpc) is 2.88. The molecule has 0 aliphatic carbocycles. The van der Waals surface area contributed by atoms with Crippen molar-refractivity contribution in [1.82, 2.24) is 16.0 Å². The first kappa shape index (κ1) is 32.5. The van der Waals surface area contributed by atoms with Gasteiger partial charge < -0.3 is 25.4 Å². The molecule has 4 unspecified atom stereocenters. The van der Waals surface area contributed by atoms with Crippen LogP contribution in [0.15, 0.2) is 42.1 Å². The van der Waals surface area contributed by atoms with Gasteiger partial charge in [-0.15, -0.1) is 0 Å². The van der Waals surface area contributed by atoms with Crippen LogP contribution in [0.2, 0.25) is 0 Å². The van der Waals surface area contributed by atoms with Gasteiger partial charge in [0, 0.05) is 6.42 Å². The SMILES string of the molecule is CC=C1NC(=O)C(C(C)C)NC(=O)C(CC(C)C)NC(=O)C(CC(C)C)OC(=O)C(Cc2ccccc2)OC1=O. The molecule has 3 N–H and O–H groups in total. The standard InChI is InChI=1S/C30H43N3O7/c1-8-21-29(37)40-24(16-20-12-10-9-11-13-20)30(38)39-23(15-18(4)5)27(35)32-22(14-17(2)3)26(34)33-25(19(6)7)28(36)31-21/h8-13,17-19,22-25H,14-16H2,1-7H3,(H,31,36)(H,32,35)(H,33,34). The Morgan fingerprint density at radius 1 is 0.775 bits per heavy atom. The molecule has 1 fully saturated rings. The highest BCUT2D eigenvalue weighted by atomic mass is 16.6. The zero-order valence-electron chi connectivity index (χ0n) is 24.5. The van der Waals surface area contributed by atoms with Crippen molar-refractivity contribution in [2.24, 2.45) is 17.8 Å². The van der Waals surface area contributed by atoms with Crippen LogP contribution in [-0.2, 0) is 39.9 Å². The number of rotatable bonds is 7. The third-order valence-corrected chi connectivity index (χ3v) is 6.37. The van der Waals surface area contributed by atoms with Crippen LogP contribution in [0, 0.1) is 17.8 Å². The summed E-state index contributed by atoms with van der Waals surface area (Å²) in [6.45, 7) is 12.6. The second kappa shape index (κ2) is 15.2. The van der Waals surface area contributed by atoms with E-state index in [1.54, 1.807) is 45.0 Å². The van der Waals surface area contributed by atoms with Crippen molar-refractivity contribution in [3.8, 4) is 0 Å². The molecule has 4 atom stereocenters. The van der Waals surface area contributed by atoms with E-state index in [4.69, 9.17) is 9.47 Å². The molecule has 3 amide bonds. The van der Waals surface area contributed by atoms with E-state index in [0.29, 0.717) is 12.0 Å². The molecule has 0 aromatic heterocycles. The van der Waals surface area contributed by atoms with Gasteiger partial charge in [-0.3, -0.25) is 14.4 Å². The van der Waals surface area contributed by atoms with Crippen LogP contribution in [0.1, 0.15) is 66.9 Å². The number of hydrogen-bond acceptors (Lipinski definition) is 7. The third kappa shape index (κ3) is 9.81. The lowest BCUT2D eigenvalue weighted by atomic mass is 9.99. The first-order valence-corrected chi connectivity index (χ1v) is 13.9. The normalized spacial score (nSPS) is 24.6. The minimum absolute atomic E-state index is 0.00297. The number of allylic oxidation sites excluding steroid dienone is 1. The minimum Gasteiger partial charge on any atom is -0.450 e. The maximum atomic E-state index is 13.4. The lowest BCUT2D eigenvalue weighted by Crippen LogP contribution is -2.57. The van der Waals surface area contributed by atoms with Gasteiger partial charge in [0.1, 0.15) is 17.8 Å². The monoisotopic (exact) mass is 557 g/mol. The molecule has 10 heteroatoms. The first-order chi connectivity index (χ1) is 18.8. The molecular formula is C30H43N3O7. The van der Waals surface area contributed by atoms with E-state index in [9.17, 15) is 24.0 Å². The molecule has 1 aromatic carbocycles. The molecule has 1 heterocycles. The smallest absolute Gasteiger partial charge is 0.355 e. The molecule has 1 saturated heterocycles. The summed E-state index contributed by atoms with van der Waals surface area (Å²) in [4.78, 5) is 66.5. The first-order valence-electron chi connectivity index (χ1n) is 13.9. The van der Waals surface area contributed by atoms with Gasteiger partial charge in [-0.1, -0.05) is 78.0 Å².